The van der Waals surface area contributed by atoms with Crippen molar-refractivity contribution in [1.29, 1.82) is 0 Å². The summed E-state index contributed by atoms with van der Waals surface area (Å²) in [7, 11) is -2.38. The maximum atomic E-state index is 13.0. The molecule has 4 aliphatic carbocycles. The number of benzene rings is 10. The first-order valence-corrected chi connectivity index (χ1v) is 29.1. The molecule has 0 unspecified atom stereocenters. The van der Waals surface area contributed by atoms with E-state index in [2.05, 4.69) is 218 Å². The van der Waals surface area contributed by atoms with Gasteiger partial charge in [0.25, 0.3) is 0 Å². The van der Waals surface area contributed by atoms with E-state index in [-0.39, 0.29) is 5.41 Å². The molecule has 4 nitrogen and oxygen atoms in total. The molecule has 0 atom stereocenters. The summed E-state index contributed by atoms with van der Waals surface area (Å²) < 4.78 is 13.0. The van der Waals surface area contributed by atoms with Crippen LogP contribution < -0.4 is 5.30 Å². The minimum absolute atomic E-state index is 0.0954. The highest BCUT2D eigenvalue weighted by Crippen LogP contribution is 2.65. The molecule has 0 radical (unpaired) electrons. The van der Waals surface area contributed by atoms with Crippen molar-refractivity contribution in [2.24, 2.45) is 23.7 Å². The lowest BCUT2D eigenvalue weighted by molar-refractivity contribution is -0.0418. The summed E-state index contributed by atoms with van der Waals surface area (Å²) in [5.41, 5.74) is 12.8. The smallest absolute Gasteiger partial charge is 0.164 e. The Morgan fingerprint density at radius 2 is 0.811 bits per heavy atom. The maximum absolute atomic E-state index is 13.0. The molecule has 358 valence electrons. The normalized spacial score (nSPS) is 20.1. The first-order chi connectivity index (χ1) is 36.3. The van der Waals surface area contributed by atoms with E-state index >= 15 is 0 Å². The molecular formula is C69H56N3OP. The average Bonchev–Trinajstić information content (AvgIpc) is 3.52. The van der Waals surface area contributed by atoms with Crippen molar-refractivity contribution in [3.8, 4) is 67.5 Å². The highest BCUT2D eigenvalue weighted by Gasteiger charge is 2.58. The number of nitrogens with zero attached hydrogens (tertiary/aromatic N) is 3. The Labute approximate surface area is 433 Å². The Morgan fingerprint density at radius 1 is 0.378 bits per heavy atom. The minimum atomic E-state index is -2.38. The van der Waals surface area contributed by atoms with E-state index < -0.39 is 7.14 Å². The predicted molar refractivity (Wildman–Crippen MR) is 308 cm³/mol. The van der Waals surface area contributed by atoms with Gasteiger partial charge in [0.2, 0.25) is 0 Å². The van der Waals surface area contributed by atoms with Gasteiger partial charge in [-0.3, -0.25) is 0 Å². The second kappa shape index (κ2) is 17.7. The van der Waals surface area contributed by atoms with E-state index in [0.29, 0.717) is 29.3 Å². The summed E-state index contributed by atoms with van der Waals surface area (Å²) in [4.78, 5) is 15.8. The van der Waals surface area contributed by atoms with Crippen LogP contribution in [-0.2, 0) is 9.98 Å². The lowest BCUT2D eigenvalue weighted by Crippen LogP contribution is -2.56. The molecule has 4 bridgehead atoms. The molecule has 1 aromatic heterocycles. The van der Waals surface area contributed by atoms with Crippen molar-refractivity contribution in [1.82, 2.24) is 15.0 Å². The molecule has 0 amide bonds. The maximum Gasteiger partial charge on any atom is 0.164 e. The van der Waals surface area contributed by atoms with Crippen LogP contribution in [0.2, 0.25) is 0 Å². The van der Waals surface area contributed by atoms with Gasteiger partial charge < -0.3 is 4.57 Å². The predicted octanol–water partition coefficient (Wildman–Crippen LogP) is 17.3. The molecule has 0 N–H and O–H groups in total. The zero-order valence-electron chi connectivity index (χ0n) is 41.8. The lowest BCUT2D eigenvalue weighted by atomic mass is 9.42. The first kappa shape index (κ1) is 44.9. The molecule has 15 rings (SSSR count). The second-order valence-electron chi connectivity index (χ2n) is 21.8. The second-order valence-corrected chi connectivity index (χ2v) is 25.1. The van der Waals surface area contributed by atoms with Gasteiger partial charge in [0.15, 0.2) is 17.5 Å². The summed E-state index contributed by atoms with van der Waals surface area (Å²) in [5.74, 6) is 4.80. The zero-order chi connectivity index (χ0) is 49.5. The molecule has 5 heteroatoms. The SMILES string of the molecule is CP(C)(=O)c1ccc(-c2c3ccccc3c(-c3ccc(C4(c5ccc(-c6nc(-c7cccc(-c8ccccc8)c7)nc(-c7cccc8ccccc78)n6)cc5)C5CC6CC(C5)CC4C6)cc3)c3ccccc23)cc1. The largest absolute Gasteiger partial charge is 0.319 e. The Kier molecular flexibility index (Phi) is 10.7. The molecular weight excluding hydrogens is 918 g/mol. The van der Waals surface area contributed by atoms with Gasteiger partial charge in [0.1, 0.15) is 7.14 Å². The first-order valence-electron chi connectivity index (χ1n) is 26.5. The summed E-state index contributed by atoms with van der Waals surface area (Å²) in [5, 5.41) is 8.11. The quantitative estimate of drug-likeness (QED) is 0.107. The van der Waals surface area contributed by atoms with Gasteiger partial charge in [-0.15, -0.1) is 0 Å². The van der Waals surface area contributed by atoms with E-state index in [4.69, 9.17) is 15.0 Å². The van der Waals surface area contributed by atoms with Crippen molar-refractivity contribution < 1.29 is 4.57 Å². The van der Waals surface area contributed by atoms with Gasteiger partial charge in [-0.2, -0.15) is 0 Å². The molecule has 10 aromatic carbocycles. The Bertz CT molecular complexity index is 3920. The van der Waals surface area contributed by atoms with Crippen LogP contribution in [0.15, 0.2) is 218 Å². The number of fused-ring (bicyclic) bond motifs is 3. The topological polar surface area (TPSA) is 55.7 Å². The van der Waals surface area contributed by atoms with Crippen molar-refractivity contribution in [3.05, 3.63) is 230 Å². The summed E-state index contributed by atoms with van der Waals surface area (Å²) >= 11 is 0. The van der Waals surface area contributed by atoms with Crippen LogP contribution in [0.3, 0.4) is 0 Å². The van der Waals surface area contributed by atoms with Crippen LogP contribution in [0.25, 0.3) is 99.9 Å². The van der Waals surface area contributed by atoms with Crippen LogP contribution in [0.4, 0.5) is 0 Å². The number of hydrogen-bond acceptors (Lipinski definition) is 4. The third kappa shape index (κ3) is 7.48. The third-order valence-electron chi connectivity index (χ3n) is 17.3. The molecule has 0 spiro atoms. The van der Waals surface area contributed by atoms with Gasteiger partial charge >= 0.3 is 0 Å². The Morgan fingerprint density at radius 3 is 1.38 bits per heavy atom. The fourth-order valence-electron chi connectivity index (χ4n) is 14.2. The van der Waals surface area contributed by atoms with E-state index in [9.17, 15) is 4.57 Å². The van der Waals surface area contributed by atoms with Crippen molar-refractivity contribution in [2.45, 2.75) is 37.5 Å². The number of rotatable bonds is 9. The van der Waals surface area contributed by atoms with Gasteiger partial charge in [-0.25, -0.2) is 15.0 Å². The summed E-state index contributed by atoms with van der Waals surface area (Å²) in [6.45, 7) is 3.69. The molecule has 11 aromatic rings. The van der Waals surface area contributed by atoms with E-state index in [1.165, 1.54) is 81.5 Å². The summed E-state index contributed by atoms with van der Waals surface area (Å²) in [6.07, 6.45) is 6.55. The number of hydrogen-bond donors (Lipinski definition) is 0. The van der Waals surface area contributed by atoms with Gasteiger partial charge in [-0.1, -0.05) is 212 Å². The fourth-order valence-corrected chi connectivity index (χ4v) is 15.1. The van der Waals surface area contributed by atoms with Crippen LogP contribution in [0.5, 0.6) is 0 Å². The lowest BCUT2D eigenvalue weighted by Gasteiger charge is -2.62. The third-order valence-corrected chi connectivity index (χ3v) is 18.8. The zero-order valence-corrected chi connectivity index (χ0v) is 42.7. The molecule has 74 heavy (non-hydrogen) atoms. The summed E-state index contributed by atoms with van der Waals surface area (Å²) in [6, 6.07) is 79.4. The van der Waals surface area contributed by atoms with Crippen LogP contribution in [-0.4, -0.2) is 28.3 Å². The van der Waals surface area contributed by atoms with Crippen LogP contribution >= 0.6 is 7.14 Å². The molecule has 1 heterocycles. The van der Waals surface area contributed by atoms with Gasteiger partial charge in [0, 0.05) is 27.4 Å². The van der Waals surface area contributed by atoms with Crippen LogP contribution in [0, 0.1) is 23.7 Å². The van der Waals surface area contributed by atoms with Crippen molar-refractivity contribution in [2.75, 3.05) is 13.3 Å². The standard InChI is InChI=1S/C69H56N3OP/c1-74(2,73)57-36-30-49(31-37-57)65-61-23-10-8-21-59(61)64(60-22-9-11-24-62(60)65)48-26-32-53(33-27-48)69(55-39-44-38-45(41-55)42-56(69)40-44)54-34-28-50(29-35-54)66-70-67(52-19-12-18-51(43-52)46-14-4-3-5-15-46)72-68(71-66)63-25-13-17-47-16-6-7-20-58(47)63/h3-37,43-45,55-56H,38-42H2,1-2H3. The highest BCUT2D eigenvalue weighted by molar-refractivity contribution is 7.70. The molecule has 4 aliphatic rings. The highest BCUT2D eigenvalue weighted by atomic mass is 31.2. The Hall–Kier alpha value is -7.78. The van der Waals surface area contributed by atoms with E-state index in [1.807, 2.05) is 13.3 Å². The minimum Gasteiger partial charge on any atom is -0.319 e. The van der Waals surface area contributed by atoms with Crippen LogP contribution in [0.1, 0.15) is 43.2 Å². The monoisotopic (exact) mass is 973 g/mol. The van der Waals surface area contributed by atoms with Gasteiger partial charge in [0.05, 0.1) is 0 Å². The fraction of sp³-hybridized carbons (Fsp3) is 0.174. The molecule has 0 aliphatic heterocycles. The van der Waals surface area contributed by atoms with Crippen molar-refractivity contribution >= 4 is 44.8 Å². The van der Waals surface area contributed by atoms with E-state index in [0.717, 1.165) is 61.3 Å². The molecule has 4 fully saturated rings. The molecule has 4 saturated carbocycles. The Balaban J connectivity index is 0.882. The van der Waals surface area contributed by atoms with E-state index in [1.54, 1.807) is 0 Å². The van der Waals surface area contributed by atoms with Gasteiger partial charge in [-0.05, 0) is 152 Å². The van der Waals surface area contributed by atoms with Crippen molar-refractivity contribution in [3.63, 3.8) is 0 Å². The average molecular weight is 974 g/mol. The molecule has 0 saturated heterocycles. The number of aromatic nitrogens is 3.